The van der Waals surface area contributed by atoms with Crippen molar-refractivity contribution in [2.75, 3.05) is 13.1 Å². The van der Waals surface area contributed by atoms with Crippen LogP contribution in [0, 0.1) is 6.92 Å². The summed E-state index contributed by atoms with van der Waals surface area (Å²) in [5.74, 6) is -0.182. The lowest BCUT2D eigenvalue weighted by Gasteiger charge is -2.38. The van der Waals surface area contributed by atoms with E-state index in [1.807, 2.05) is 61.2 Å². The Morgan fingerprint density at radius 1 is 1.00 bits per heavy atom. The summed E-state index contributed by atoms with van der Waals surface area (Å²) in [6.07, 6.45) is 0.778. The largest absolute Gasteiger partial charge is 0.330 e. The van der Waals surface area contributed by atoms with Crippen molar-refractivity contribution in [3.8, 4) is 0 Å². The van der Waals surface area contributed by atoms with E-state index in [-0.39, 0.29) is 29.4 Å². The highest BCUT2D eigenvalue weighted by atomic mass is 32.2. The van der Waals surface area contributed by atoms with E-state index < -0.39 is 10.0 Å². The lowest BCUT2D eigenvalue weighted by atomic mass is 9.90. The molecule has 1 aliphatic heterocycles. The summed E-state index contributed by atoms with van der Waals surface area (Å²) in [5.41, 5.74) is 3.34. The third-order valence-electron chi connectivity index (χ3n) is 6.96. The molecule has 1 amide bonds. The maximum atomic E-state index is 13.9. The number of hydrogen-bond donors (Lipinski definition) is 0. The van der Waals surface area contributed by atoms with Crippen molar-refractivity contribution in [2.24, 2.45) is 0 Å². The fourth-order valence-electron chi connectivity index (χ4n) is 5.05. The number of thiophene rings is 1. The second-order valence-electron chi connectivity index (χ2n) is 9.55. The van der Waals surface area contributed by atoms with E-state index in [0.29, 0.717) is 6.54 Å². The van der Waals surface area contributed by atoms with E-state index in [9.17, 15) is 13.2 Å². The van der Waals surface area contributed by atoms with Gasteiger partial charge in [-0.3, -0.25) is 4.79 Å². The Labute approximate surface area is 217 Å². The van der Waals surface area contributed by atoms with Crippen LogP contribution in [-0.4, -0.2) is 42.7 Å². The van der Waals surface area contributed by atoms with Gasteiger partial charge in [-0.25, -0.2) is 8.42 Å². The van der Waals surface area contributed by atoms with Gasteiger partial charge in [0.15, 0.2) is 0 Å². The average molecular weight is 519 g/mol. The molecule has 1 unspecified atom stereocenters. The molecule has 4 aromatic rings. The number of hydrogen-bond acceptors (Lipinski definition) is 4. The number of carbonyl (C=O) groups excluding carboxylic acids is 1. The first-order valence-corrected chi connectivity index (χ1v) is 14.5. The Kier molecular flexibility index (Phi) is 6.72. The quantitative estimate of drug-likeness (QED) is 0.325. The molecule has 36 heavy (non-hydrogen) atoms. The summed E-state index contributed by atoms with van der Waals surface area (Å²) in [5, 5.41) is 3.91. The van der Waals surface area contributed by atoms with Crippen molar-refractivity contribution in [3.63, 3.8) is 0 Å². The molecule has 7 heteroatoms. The van der Waals surface area contributed by atoms with Gasteiger partial charge in [0.25, 0.3) is 0 Å². The van der Waals surface area contributed by atoms with Gasteiger partial charge >= 0.3 is 0 Å². The minimum absolute atomic E-state index is 0.182. The molecule has 2 heterocycles. The summed E-state index contributed by atoms with van der Waals surface area (Å²) in [6.45, 7) is 6.06. The molecule has 0 N–H and O–H groups in total. The van der Waals surface area contributed by atoms with Crippen LogP contribution < -0.4 is 0 Å². The second-order valence-corrected chi connectivity index (χ2v) is 12.4. The van der Waals surface area contributed by atoms with Crippen LogP contribution in [-0.2, 0) is 21.2 Å². The Bertz CT molecular complexity index is 1520. The molecule has 0 bridgehead atoms. The van der Waals surface area contributed by atoms with Crippen LogP contribution in [0.3, 0.4) is 0 Å². The molecule has 0 spiro atoms. The van der Waals surface area contributed by atoms with E-state index in [2.05, 4.69) is 30.5 Å². The van der Waals surface area contributed by atoms with Crippen molar-refractivity contribution in [1.82, 2.24) is 9.21 Å². The van der Waals surface area contributed by atoms with Gasteiger partial charge in [-0.2, -0.15) is 4.31 Å². The third kappa shape index (κ3) is 4.47. The first-order chi connectivity index (χ1) is 17.3. The SMILES string of the molecule is Cc1ccccc1C1c2ccsc2CCN1C(=O)CN(C(C)C)S(=O)(=O)c1ccc2ccccc2c1. The monoisotopic (exact) mass is 518 g/mol. The molecule has 1 aromatic heterocycles. The first kappa shape index (κ1) is 24.7. The van der Waals surface area contributed by atoms with Crippen molar-refractivity contribution in [3.05, 3.63) is 99.7 Å². The maximum absolute atomic E-state index is 13.9. The summed E-state index contributed by atoms with van der Waals surface area (Å²) in [7, 11) is -3.88. The van der Waals surface area contributed by atoms with Gasteiger partial charge in [0.05, 0.1) is 17.5 Å². The van der Waals surface area contributed by atoms with E-state index in [1.54, 1.807) is 23.5 Å². The standard InChI is InChI=1S/C29H30N2O3S2/c1-20(2)31(36(33,34)24-13-12-22-9-5-6-10-23(22)18-24)19-28(32)30-16-14-27-26(15-17-35-27)29(30)25-11-7-4-8-21(25)3/h4-13,15,17-18,20,29H,14,16,19H2,1-3H3. The number of nitrogens with zero attached hydrogens (tertiary/aromatic N) is 2. The van der Waals surface area contributed by atoms with Crippen molar-refractivity contribution < 1.29 is 13.2 Å². The molecule has 5 nitrogen and oxygen atoms in total. The summed E-state index contributed by atoms with van der Waals surface area (Å²) in [6, 6.07) is 22.5. The maximum Gasteiger partial charge on any atom is 0.243 e. The lowest BCUT2D eigenvalue weighted by Crippen LogP contribution is -2.48. The van der Waals surface area contributed by atoms with Crippen LogP contribution >= 0.6 is 11.3 Å². The number of carbonyl (C=O) groups is 1. The molecule has 0 aliphatic carbocycles. The molecule has 0 radical (unpaired) electrons. The van der Waals surface area contributed by atoms with E-state index >= 15 is 0 Å². The molecule has 186 valence electrons. The van der Waals surface area contributed by atoms with Crippen LogP contribution in [0.5, 0.6) is 0 Å². The smallest absolute Gasteiger partial charge is 0.243 e. The van der Waals surface area contributed by atoms with Crippen molar-refractivity contribution >= 4 is 38.0 Å². The number of sulfonamides is 1. The lowest BCUT2D eigenvalue weighted by molar-refractivity contribution is -0.133. The van der Waals surface area contributed by atoms with Gasteiger partial charge in [0.2, 0.25) is 15.9 Å². The fraction of sp³-hybridized carbons (Fsp3) is 0.276. The molecule has 1 aliphatic rings. The Balaban J connectivity index is 1.49. The predicted molar refractivity (Wildman–Crippen MR) is 146 cm³/mol. The molecule has 0 saturated heterocycles. The Hall–Kier alpha value is -3.00. The topological polar surface area (TPSA) is 57.7 Å². The molecule has 1 atom stereocenters. The van der Waals surface area contributed by atoms with Crippen molar-refractivity contribution in [1.29, 1.82) is 0 Å². The normalized spacial score (nSPS) is 16.0. The number of amides is 1. The van der Waals surface area contributed by atoms with Crippen LogP contribution in [0.4, 0.5) is 0 Å². The minimum Gasteiger partial charge on any atom is -0.330 e. The Morgan fingerprint density at radius 3 is 2.47 bits per heavy atom. The van der Waals surface area contributed by atoms with Crippen LogP contribution in [0.25, 0.3) is 10.8 Å². The van der Waals surface area contributed by atoms with E-state index in [4.69, 9.17) is 0 Å². The molecule has 0 fully saturated rings. The van der Waals surface area contributed by atoms with Crippen LogP contribution in [0.1, 0.15) is 41.5 Å². The average Bonchev–Trinajstić information content (AvgIpc) is 3.35. The molecular weight excluding hydrogens is 488 g/mol. The molecule has 3 aromatic carbocycles. The minimum atomic E-state index is -3.88. The highest BCUT2D eigenvalue weighted by Crippen LogP contribution is 2.39. The molecular formula is C29H30N2O3S2. The number of rotatable bonds is 6. The highest BCUT2D eigenvalue weighted by molar-refractivity contribution is 7.89. The Morgan fingerprint density at radius 2 is 1.72 bits per heavy atom. The van der Waals surface area contributed by atoms with Crippen LogP contribution in [0.15, 0.2) is 83.1 Å². The molecule has 0 saturated carbocycles. The highest BCUT2D eigenvalue weighted by Gasteiger charge is 2.37. The number of benzene rings is 3. The van der Waals surface area contributed by atoms with Gasteiger partial charge in [-0.05, 0) is 78.2 Å². The van der Waals surface area contributed by atoms with Gasteiger partial charge in [0, 0.05) is 17.5 Å². The van der Waals surface area contributed by atoms with Gasteiger partial charge in [-0.15, -0.1) is 11.3 Å². The third-order valence-corrected chi connectivity index (χ3v) is 9.98. The first-order valence-electron chi connectivity index (χ1n) is 12.2. The second kappa shape index (κ2) is 9.81. The molecule has 5 rings (SSSR count). The fourth-order valence-corrected chi connectivity index (χ4v) is 7.57. The van der Waals surface area contributed by atoms with Crippen LogP contribution in [0.2, 0.25) is 0 Å². The van der Waals surface area contributed by atoms with Gasteiger partial charge in [0.1, 0.15) is 0 Å². The zero-order chi connectivity index (χ0) is 25.4. The number of fused-ring (bicyclic) bond motifs is 2. The number of aryl methyl sites for hydroxylation is 1. The summed E-state index contributed by atoms with van der Waals surface area (Å²) >= 11 is 1.72. The summed E-state index contributed by atoms with van der Waals surface area (Å²) < 4.78 is 28.8. The predicted octanol–water partition coefficient (Wildman–Crippen LogP) is 5.78. The van der Waals surface area contributed by atoms with Gasteiger partial charge < -0.3 is 4.90 Å². The van der Waals surface area contributed by atoms with Gasteiger partial charge in [-0.1, -0.05) is 54.6 Å². The van der Waals surface area contributed by atoms with Crippen molar-refractivity contribution in [2.45, 2.75) is 44.2 Å². The van der Waals surface area contributed by atoms with E-state index in [0.717, 1.165) is 33.9 Å². The summed E-state index contributed by atoms with van der Waals surface area (Å²) in [4.78, 5) is 17.2. The zero-order valence-corrected chi connectivity index (χ0v) is 22.4. The van der Waals surface area contributed by atoms with E-state index in [1.165, 1.54) is 9.18 Å². The zero-order valence-electron chi connectivity index (χ0n) is 20.7.